The maximum Gasteiger partial charge on any atom is 0.319 e. The van der Waals surface area contributed by atoms with E-state index >= 15 is 0 Å². The van der Waals surface area contributed by atoms with E-state index in [0.717, 1.165) is 37.1 Å². The number of nitrogens with zero attached hydrogens (tertiary/aromatic N) is 1. The monoisotopic (exact) mass is 339 g/mol. The van der Waals surface area contributed by atoms with E-state index in [1.807, 2.05) is 26.0 Å². The Kier molecular flexibility index (Phi) is 6.69. The third-order valence-electron chi connectivity index (χ3n) is 4.31. The Labute approximate surface area is 143 Å². The number of urea groups is 1. The molecule has 0 spiro atoms. The molecule has 23 heavy (non-hydrogen) atoms. The maximum absolute atomic E-state index is 12.0. The summed E-state index contributed by atoms with van der Waals surface area (Å²) in [6.07, 6.45) is 3.35. The van der Waals surface area contributed by atoms with Gasteiger partial charge in [0, 0.05) is 19.1 Å². The minimum Gasteiger partial charge on any atom is -0.395 e. The van der Waals surface area contributed by atoms with Crippen LogP contribution in [0.15, 0.2) is 12.1 Å². The quantitative estimate of drug-likeness (QED) is 0.772. The number of carbonyl (C=O) groups excluding carboxylic acids is 1. The molecule has 128 valence electrons. The summed E-state index contributed by atoms with van der Waals surface area (Å²) in [5, 5.41) is 15.6. The number of anilines is 1. The Morgan fingerprint density at radius 2 is 2.17 bits per heavy atom. The van der Waals surface area contributed by atoms with E-state index < -0.39 is 0 Å². The first-order valence-electron chi connectivity index (χ1n) is 8.17. The topological polar surface area (TPSA) is 64.6 Å². The summed E-state index contributed by atoms with van der Waals surface area (Å²) < 4.78 is 0. The van der Waals surface area contributed by atoms with Gasteiger partial charge in [-0.15, -0.1) is 0 Å². The van der Waals surface area contributed by atoms with Crippen LogP contribution in [0.1, 0.15) is 30.4 Å². The molecule has 0 aliphatic carbocycles. The third-order valence-corrected chi connectivity index (χ3v) is 4.61. The van der Waals surface area contributed by atoms with Crippen LogP contribution in [0.3, 0.4) is 0 Å². The summed E-state index contributed by atoms with van der Waals surface area (Å²) in [6.45, 7) is 6.36. The number of aliphatic hydroxyl groups is 1. The molecule has 0 radical (unpaired) electrons. The molecule has 2 amide bonds. The Hall–Kier alpha value is -1.30. The number of carbonyl (C=O) groups is 1. The van der Waals surface area contributed by atoms with E-state index in [2.05, 4.69) is 15.5 Å². The van der Waals surface area contributed by atoms with Gasteiger partial charge in [-0.1, -0.05) is 24.1 Å². The lowest BCUT2D eigenvalue weighted by atomic mass is 10.0. The van der Waals surface area contributed by atoms with Crippen molar-refractivity contribution in [2.75, 3.05) is 31.6 Å². The fourth-order valence-corrected chi connectivity index (χ4v) is 3.47. The van der Waals surface area contributed by atoms with E-state index in [1.54, 1.807) is 0 Å². The van der Waals surface area contributed by atoms with Crippen molar-refractivity contribution in [2.45, 2.75) is 39.2 Å². The summed E-state index contributed by atoms with van der Waals surface area (Å²) in [5.41, 5.74) is 2.67. The highest BCUT2D eigenvalue weighted by Gasteiger charge is 2.21. The van der Waals surface area contributed by atoms with Crippen LogP contribution in [0.25, 0.3) is 0 Å². The largest absolute Gasteiger partial charge is 0.395 e. The average Bonchev–Trinajstić information content (AvgIpc) is 2.51. The number of aryl methyl sites for hydroxylation is 2. The van der Waals surface area contributed by atoms with Crippen LogP contribution >= 0.6 is 11.6 Å². The van der Waals surface area contributed by atoms with Gasteiger partial charge in [-0.05, 0) is 50.4 Å². The summed E-state index contributed by atoms with van der Waals surface area (Å²) in [7, 11) is 0. The molecule has 1 aromatic rings. The first-order chi connectivity index (χ1) is 11.0. The van der Waals surface area contributed by atoms with Gasteiger partial charge in [0.1, 0.15) is 0 Å². The lowest BCUT2D eigenvalue weighted by Gasteiger charge is -2.34. The van der Waals surface area contributed by atoms with Gasteiger partial charge >= 0.3 is 6.03 Å². The number of amides is 2. The molecule has 1 aromatic carbocycles. The highest BCUT2D eigenvalue weighted by atomic mass is 35.5. The second-order valence-corrected chi connectivity index (χ2v) is 6.59. The van der Waals surface area contributed by atoms with Crippen molar-refractivity contribution in [3.05, 3.63) is 28.3 Å². The molecule has 1 aliphatic rings. The summed E-state index contributed by atoms with van der Waals surface area (Å²) in [4.78, 5) is 14.3. The van der Waals surface area contributed by atoms with Crippen molar-refractivity contribution in [3.63, 3.8) is 0 Å². The zero-order chi connectivity index (χ0) is 16.8. The molecule has 0 aromatic heterocycles. The van der Waals surface area contributed by atoms with Gasteiger partial charge in [-0.3, -0.25) is 4.90 Å². The molecule has 1 atom stereocenters. The van der Waals surface area contributed by atoms with Crippen LogP contribution in [0.5, 0.6) is 0 Å². The zero-order valence-corrected chi connectivity index (χ0v) is 14.6. The maximum atomic E-state index is 12.0. The Balaban J connectivity index is 1.81. The minimum absolute atomic E-state index is 0.185. The van der Waals surface area contributed by atoms with Crippen molar-refractivity contribution in [2.24, 2.45) is 0 Å². The van der Waals surface area contributed by atoms with Crippen LogP contribution in [0.2, 0.25) is 5.02 Å². The number of piperidine rings is 1. The number of likely N-dealkylation sites (tertiary alicyclic amines) is 1. The zero-order valence-electron chi connectivity index (χ0n) is 13.9. The number of hydrogen-bond donors (Lipinski definition) is 3. The lowest BCUT2D eigenvalue weighted by Crippen LogP contribution is -2.46. The molecular weight excluding hydrogens is 314 g/mol. The van der Waals surface area contributed by atoms with Gasteiger partial charge in [-0.2, -0.15) is 0 Å². The number of rotatable bonds is 5. The Bertz CT molecular complexity index is 528. The highest BCUT2D eigenvalue weighted by Crippen LogP contribution is 2.27. The van der Waals surface area contributed by atoms with Gasteiger partial charge in [0.15, 0.2) is 0 Å². The van der Waals surface area contributed by atoms with E-state index in [4.69, 9.17) is 11.6 Å². The predicted molar refractivity (Wildman–Crippen MR) is 94.2 cm³/mol. The van der Waals surface area contributed by atoms with E-state index in [1.165, 1.54) is 6.42 Å². The lowest BCUT2D eigenvalue weighted by molar-refractivity contribution is 0.0917. The van der Waals surface area contributed by atoms with Gasteiger partial charge in [0.05, 0.1) is 17.3 Å². The minimum atomic E-state index is -0.253. The van der Waals surface area contributed by atoms with E-state index in [9.17, 15) is 9.90 Å². The van der Waals surface area contributed by atoms with Crippen LogP contribution in [0, 0.1) is 13.8 Å². The first kappa shape index (κ1) is 18.0. The van der Waals surface area contributed by atoms with Crippen molar-refractivity contribution in [1.82, 2.24) is 10.2 Å². The van der Waals surface area contributed by atoms with Gasteiger partial charge in [0.25, 0.3) is 0 Å². The van der Waals surface area contributed by atoms with Crippen molar-refractivity contribution >= 4 is 23.3 Å². The van der Waals surface area contributed by atoms with Crippen LogP contribution in [-0.2, 0) is 0 Å². The van der Waals surface area contributed by atoms with Crippen molar-refractivity contribution in [1.29, 1.82) is 0 Å². The number of halogens is 1. The molecule has 0 saturated carbocycles. The fraction of sp³-hybridized carbons (Fsp3) is 0.588. The van der Waals surface area contributed by atoms with Gasteiger partial charge in [-0.25, -0.2) is 4.79 Å². The normalized spacial score (nSPS) is 18.7. The van der Waals surface area contributed by atoms with E-state index in [0.29, 0.717) is 17.3 Å². The number of benzene rings is 1. The number of hydrogen-bond acceptors (Lipinski definition) is 3. The molecule has 6 heteroatoms. The molecule has 1 fully saturated rings. The summed E-state index contributed by atoms with van der Waals surface area (Å²) >= 11 is 6.19. The molecule has 2 rings (SSSR count). The molecule has 1 heterocycles. The van der Waals surface area contributed by atoms with E-state index in [-0.39, 0.29) is 18.7 Å². The van der Waals surface area contributed by atoms with Gasteiger partial charge < -0.3 is 15.7 Å². The number of nitrogens with one attached hydrogen (secondary N) is 2. The fourth-order valence-electron chi connectivity index (χ4n) is 3.11. The Morgan fingerprint density at radius 1 is 1.39 bits per heavy atom. The first-order valence-corrected chi connectivity index (χ1v) is 8.55. The molecule has 1 saturated heterocycles. The number of aliphatic hydroxyl groups excluding tert-OH is 1. The average molecular weight is 340 g/mol. The molecule has 3 N–H and O–H groups in total. The van der Waals surface area contributed by atoms with Gasteiger partial charge in [0.2, 0.25) is 0 Å². The molecular formula is C17H26ClN3O2. The highest BCUT2D eigenvalue weighted by molar-refractivity contribution is 6.34. The summed E-state index contributed by atoms with van der Waals surface area (Å²) in [5.74, 6) is 0. The second-order valence-electron chi connectivity index (χ2n) is 6.19. The summed E-state index contributed by atoms with van der Waals surface area (Å²) in [6, 6.07) is 3.80. The van der Waals surface area contributed by atoms with Crippen molar-refractivity contribution in [3.8, 4) is 0 Å². The molecule has 0 bridgehead atoms. The molecule has 5 nitrogen and oxygen atoms in total. The molecule has 1 aliphatic heterocycles. The molecule has 1 unspecified atom stereocenters. The van der Waals surface area contributed by atoms with Crippen LogP contribution < -0.4 is 10.6 Å². The third kappa shape index (κ3) is 5.09. The second kappa shape index (κ2) is 8.52. The Morgan fingerprint density at radius 3 is 2.87 bits per heavy atom. The van der Waals surface area contributed by atoms with Crippen LogP contribution in [0.4, 0.5) is 10.5 Å². The standard InChI is InChI=1S/C17H26ClN3O2/c1-12-9-13(2)16(15(18)10-12)20-17(23)19-6-8-21-7-4-3-5-14(21)11-22/h9-10,14,22H,3-8,11H2,1-2H3,(H2,19,20,23). The SMILES string of the molecule is Cc1cc(C)c(NC(=O)NCCN2CCCCC2CO)c(Cl)c1. The predicted octanol–water partition coefficient (Wildman–Crippen LogP) is 2.93. The smallest absolute Gasteiger partial charge is 0.319 e. The van der Waals surface area contributed by atoms with Crippen LogP contribution in [-0.4, -0.2) is 48.3 Å². The van der Waals surface area contributed by atoms with Crippen molar-refractivity contribution < 1.29 is 9.90 Å².